The number of hydrogen-bond acceptors (Lipinski definition) is 5. The molecule has 2 N–H and O–H groups in total. The molecule has 2 aromatic rings. The van der Waals surface area contributed by atoms with Gasteiger partial charge in [-0.2, -0.15) is 0 Å². The monoisotopic (exact) mass is 289 g/mol. The largest absolute Gasteiger partial charge is 0.480 e. The van der Waals surface area contributed by atoms with Crippen LogP contribution in [0.15, 0.2) is 30.3 Å². The maximum absolute atomic E-state index is 11.3. The average molecular weight is 289 g/mol. The Bertz CT molecular complexity index is 598. The molecule has 0 radical (unpaired) electrons. The van der Waals surface area contributed by atoms with Gasteiger partial charge in [-0.25, -0.2) is 4.68 Å². The Kier molecular flexibility index (Phi) is 4.64. The number of tetrazole rings is 1. The molecule has 0 spiro atoms. The summed E-state index contributed by atoms with van der Waals surface area (Å²) >= 11 is 0. The third kappa shape index (κ3) is 3.63. The van der Waals surface area contributed by atoms with Crippen LogP contribution in [-0.4, -0.2) is 36.8 Å². The Morgan fingerprint density at radius 2 is 2.10 bits per heavy atom. The summed E-state index contributed by atoms with van der Waals surface area (Å²) in [6, 6.07) is 9.84. The summed E-state index contributed by atoms with van der Waals surface area (Å²) in [5.41, 5.74) is 0.103. The van der Waals surface area contributed by atoms with Gasteiger partial charge in [0, 0.05) is 0 Å². The maximum Gasteiger partial charge on any atom is 0.323 e. The minimum absolute atomic E-state index is 0.302. The topological polar surface area (TPSA) is 92.9 Å². The van der Waals surface area contributed by atoms with E-state index in [9.17, 15) is 9.90 Å². The first-order valence-electron chi connectivity index (χ1n) is 6.82. The van der Waals surface area contributed by atoms with Crippen molar-refractivity contribution in [1.29, 1.82) is 0 Å². The van der Waals surface area contributed by atoms with E-state index in [-0.39, 0.29) is 0 Å². The summed E-state index contributed by atoms with van der Waals surface area (Å²) in [6.45, 7) is 4.34. The summed E-state index contributed by atoms with van der Waals surface area (Å²) in [4.78, 5) is 11.3. The van der Waals surface area contributed by atoms with Crippen LogP contribution in [0.25, 0.3) is 0 Å². The fourth-order valence-electron chi connectivity index (χ4n) is 1.85. The van der Waals surface area contributed by atoms with Gasteiger partial charge in [-0.05, 0) is 29.3 Å². The molecule has 0 fully saturated rings. The number of carbonyl (C=O) groups is 1. The van der Waals surface area contributed by atoms with E-state index in [1.165, 1.54) is 0 Å². The molecule has 112 valence electrons. The highest BCUT2D eigenvalue weighted by Crippen LogP contribution is 2.10. The molecule has 0 aliphatic rings. The van der Waals surface area contributed by atoms with E-state index in [0.29, 0.717) is 25.3 Å². The normalized spacial score (nSPS) is 13.8. The first kappa shape index (κ1) is 15.1. The van der Waals surface area contributed by atoms with E-state index < -0.39 is 11.5 Å². The number of aliphatic carboxylic acids is 1. The van der Waals surface area contributed by atoms with Crippen LogP contribution in [0.4, 0.5) is 0 Å². The van der Waals surface area contributed by atoms with Crippen LogP contribution in [0, 0.1) is 0 Å². The molecular formula is C14H19N5O2. The number of nitrogens with zero attached hydrogens (tertiary/aromatic N) is 4. The third-order valence-corrected chi connectivity index (χ3v) is 3.60. The van der Waals surface area contributed by atoms with Gasteiger partial charge in [0.1, 0.15) is 5.54 Å². The molecule has 7 nitrogen and oxygen atoms in total. The molecule has 0 saturated carbocycles. The van der Waals surface area contributed by atoms with Crippen molar-refractivity contribution in [3.8, 4) is 0 Å². The Labute approximate surface area is 123 Å². The van der Waals surface area contributed by atoms with Gasteiger partial charge in [0.05, 0.1) is 13.1 Å². The van der Waals surface area contributed by atoms with Crippen LogP contribution in [0.1, 0.15) is 31.7 Å². The molecule has 7 heteroatoms. The van der Waals surface area contributed by atoms with Crippen molar-refractivity contribution in [2.24, 2.45) is 0 Å². The van der Waals surface area contributed by atoms with E-state index in [4.69, 9.17) is 0 Å². The third-order valence-electron chi connectivity index (χ3n) is 3.60. The summed E-state index contributed by atoms with van der Waals surface area (Å²) in [5, 5.41) is 23.8. The van der Waals surface area contributed by atoms with Crippen LogP contribution >= 0.6 is 0 Å². The molecule has 1 aromatic carbocycles. The number of hydrogen-bond donors (Lipinski definition) is 2. The quantitative estimate of drug-likeness (QED) is 0.792. The highest BCUT2D eigenvalue weighted by Gasteiger charge is 2.30. The van der Waals surface area contributed by atoms with E-state index in [1.54, 1.807) is 11.6 Å². The number of benzene rings is 1. The standard InChI is InChI=1S/C14H19N5O2/c1-3-14(2,13(20)21)15-9-12-16-17-18-19(12)10-11-7-5-4-6-8-11/h4-8,15H,3,9-10H2,1-2H3,(H,20,21). The predicted molar refractivity (Wildman–Crippen MR) is 76.5 cm³/mol. The van der Waals surface area contributed by atoms with Gasteiger partial charge in [-0.15, -0.1) is 5.10 Å². The van der Waals surface area contributed by atoms with E-state index in [2.05, 4.69) is 20.8 Å². The number of aromatic nitrogens is 4. The molecule has 1 atom stereocenters. The Morgan fingerprint density at radius 3 is 2.71 bits per heavy atom. The van der Waals surface area contributed by atoms with Gasteiger partial charge < -0.3 is 5.11 Å². The molecular weight excluding hydrogens is 270 g/mol. The lowest BCUT2D eigenvalue weighted by Crippen LogP contribution is -2.48. The van der Waals surface area contributed by atoms with E-state index >= 15 is 0 Å². The first-order chi connectivity index (χ1) is 10.0. The molecule has 0 bridgehead atoms. The summed E-state index contributed by atoms with van der Waals surface area (Å²) in [7, 11) is 0. The second-order valence-electron chi connectivity index (χ2n) is 5.08. The molecule has 0 aliphatic carbocycles. The van der Waals surface area contributed by atoms with E-state index in [1.807, 2.05) is 37.3 Å². The molecule has 0 amide bonds. The SMILES string of the molecule is CCC(C)(NCc1nnnn1Cc1ccccc1)C(=O)O. The van der Waals surface area contributed by atoms with Gasteiger partial charge in [-0.3, -0.25) is 10.1 Å². The molecule has 0 saturated heterocycles. The smallest absolute Gasteiger partial charge is 0.323 e. The van der Waals surface area contributed by atoms with Crippen LogP contribution in [0.5, 0.6) is 0 Å². The van der Waals surface area contributed by atoms with Crippen LogP contribution < -0.4 is 5.32 Å². The number of rotatable bonds is 7. The number of carboxylic acid groups (broad SMARTS) is 1. The Morgan fingerprint density at radius 1 is 1.38 bits per heavy atom. The van der Waals surface area contributed by atoms with Gasteiger partial charge in [0.15, 0.2) is 5.82 Å². The highest BCUT2D eigenvalue weighted by atomic mass is 16.4. The lowest BCUT2D eigenvalue weighted by atomic mass is 9.99. The van der Waals surface area contributed by atoms with Crippen molar-refractivity contribution in [3.63, 3.8) is 0 Å². The van der Waals surface area contributed by atoms with Crippen molar-refractivity contribution < 1.29 is 9.90 Å². The fraction of sp³-hybridized carbons (Fsp3) is 0.429. The molecule has 0 aliphatic heterocycles. The summed E-state index contributed by atoms with van der Waals surface area (Å²) in [6.07, 6.45) is 0.475. The van der Waals surface area contributed by atoms with E-state index in [0.717, 1.165) is 5.56 Å². The zero-order chi connectivity index (χ0) is 15.3. The van der Waals surface area contributed by atoms with Gasteiger partial charge in [-0.1, -0.05) is 37.3 Å². The number of nitrogens with one attached hydrogen (secondary N) is 1. The van der Waals surface area contributed by atoms with Gasteiger partial charge in [0.25, 0.3) is 0 Å². The minimum atomic E-state index is -0.983. The molecule has 1 aromatic heterocycles. The van der Waals surface area contributed by atoms with Crippen molar-refractivity contribution in [2.75, 3.05) is 0 Å². The second-order valence-corrected chi connectivity index (χ2v) is 5.08. The van der Waals surface area contributed by atoms with Crippen molar-refractivity contribution >= 4 is 5.97 Å². The minimum Gasteiger partial charge on any atom is -0.480 e. The lowest BCUT2D eigenvalue weighted by molar-refractivity contribution is -0.144. The van der Waals surface area contributed by atoms with Gasteiger partial charge in [0.2, 0.25) is 0 Å². The first-order valence-corrected chi connectivity index (χ1v) is 6.82. The Hall–Kier alpha value is -2.28. The molecule has 1 unspecified atom stereocenters. The predicted octanol–water partition coefficient (Wildman–Crippen LogP) is 1.06. The summed E-state index contributed by atoms with van der Waals surface area (Å²) < 4.78 is 1.67. The summed E-state index contributed by atoms with van der Waals surface area (Å²) in [5.74, 6) is -0.271. The maximum atomic E-state index is 11.3. The average Bonchev–Trinajstić information content (AvgIpc) is 2.93. The lowest BCUT2D eigenvalue weighted by Gasteiger charge is -2.24. The van der Waals surface area contributed by atoms with Crippen LogP contribution in [0.2, 0.25) is 0 Å². The Balaban J connectivity index is 2.06. The molecule has 21 heavy (non-hydrogen) atoms. The molecule has 2 rings (SSSR count). The zero-order valence-electron chi connectivity index (χ0n) is 12.2. The fourth-order valence-corrected chi connectivity index (χ4v) is 1.85. The second kappa shape index (κ2) is 6.45. The molecule has 1 heterocycles. The van der Waals surface area contributed by atoms with Crippen molar-refractivity contribution in [2.45, 2.75) is 38.9 Å². The van der Waals surface area contributed by atoms with Crippen molar-refractivity contribution in [1.82, 2.24) is 25.5 Å². The van der Waals surface area contributed by atoms with Crippen LogP contribution in [0.3, 0.4) is 0 Å². The van der Waals surface area contributed by atoms with Gasteiger partial charge >= 0.3 is 5.97 Å². The number of carboxylic acids is 1. The van der Waals surface area contributed by atoms with Crippen LogP contribution in [-0.2, 0) is 17.9 Å². The highest BCUT2D eigenvalue weighted by molar-refractivity contribution is 5.78. The zero-order valence-corrected chi connectivity index (χ0v) is 12.2. The van der Waals surface area contributed by atoms with Crippen molar-refractivity contribution in [3.05, 3.63) is 41.7 Å².